The lowest BCUT2D eigenvalue weighted by molar-refractivity contribution is -0.116. The third-order valence-electron chi connectivity index (χ3n) is 3.26. The normalized spacial score (nSPS) is 10.6. The van der Waals surface area contributed by atoms with Crippen molar-refractivity contribution in [3.8, 4) is 0 Å². The Morgan fingerprint density at radius 2 is 2.10 bits per heavy atom. The standard InChI is InChI=1S/C15H18BrN3O/c1-10-4-5-11(2)14(8-10)18-15(20)6-7-19-12(3)13(16)9-17-19/h4-5,8-9H,6-7H2,1-3H3,(H,18,20). The van der Waals surface area contributed by atoms with E-state index >= 15 is 0 Å². The highest BCUT2D eigenvalue weighted by atomic mass is 79.9. The van der Waals surface area contributed by atoms with Crippen LogP contribution < -0.4 is 5.32 Å². The summed E-state index contributed by atoms with van der Waals surface area (Å²) in [7, 11) is 0. The molecular weight excluding hydrogens is 318 g/mol. The van der Waals surface area contributed by atoms with Crippen molar-refractivity contribution < 1.29 is 4.79 Å². The number of hydrogen-bond donors (Lipinski definition) is 1. The summed E-state index contributed by atoms with van der Waals surface area (Å²) in [5.41, 5.74) is 4.12. The number of aryl methyl sites for hydroxylation is 3. The monoisotopic (exact) mass is 335 g/mol. The van der Waals surface area contributed by atoms with Gasteiger partial charge in [-0.15, -0.1) is 0 Å². The molecule has 0 unspecified atom stereocenters. The van der Waals surface area contributed by atoms with Crippen LogP contribution in [0.15, 0.2) is 28.9 Å². The molecular formula is C15H18BrN3O. The van der Waals surface area contributed by atoms with Gasteiger partial charge in [0.05, 0.1) is 17.2 Å². The largest absolute Gasteiger partial charge is 0.326 e. The molecule has 0 spiro atoms. The number of halogens is 1. The van der Waals surface area contributed by atoms with Crippen LogP contribution in [0.4, 0.5) is 5.69 Å². The first kappa shape index (κ1) is 14.8. The number of hydrogen-bond acceptors (Lipinski definition) is 2. The van der Waals surface area contributed by atoms with Crippen molar-refractivity contribution >= 4 is 27.5 Å². The van der Waals surface area contributed by atoms with Crippen molar-refractivity contribution in [2.24, 2.45) is 0 Å². The molecule has 1 amide bonds. The Bertz CT molecular complexity index is 634. The van der Waals surface area contributed by atoms with E-state index in [9.17, 15) is 4.79 Å². The zero-order valence-electron chi connectivity index (χ0n) is 11.9. The minimum atomic E-state index is 0.00437. The van der Waals surface area contributed by atoms with Crippen LogP contribution in [0.1, 0.15) is 23.2 Å². The van der Waals surface area contributed by atoms with Crippen LogP contribution >= 0.6 is 15.9 Å². The lowest BCUT2D eigenvalue weighted by Crippen LogP contribution is -2.16. The summed E-state index contributed by atoms with van der Waals surface area (Å²) in [6.07, 6.45) is 2.15. The maximum atomic E-state index is 12.0. The van der Waals surface area contributed by atoms with Gasteiger partial charge in [-0.05, 0) is 53.9 Å². The maximum Gasteiger partial charge on any atom is 0.226 e. The molecule has 0 saturated heterocycles. The molecule has 0 fully saturated rings. The summed E-state index contributed by atoms with van der Waals surface area (Å²) >= 11 is 3.41. The van der Waals surface area contributed by atoms with Crippen LogP contribution in [0, 0.1) is 20.8 Å². The van der Waals surface area contributed by atoms with E-state index in [1.165, 1.54) is 0 Å². The highest BCUT2D eigenvalue weighted by molar-refractivity contribution is 9.10. The maximum absolute atomic E-state index is 12.0. The predicted octanol–water partition coefficient (Wildman–Crippen LogP) is 3.60. The van der Waals surface area contributed by atoms with E-state index in [0.717, 1.165) is 27.0 Å². The highest BCUT2D eigenvalue weighted by Gasteiger charge is 2.08. The first-order valence-electron chi connectivity index (χ1n) is 6.52. The van der Waals surface area contributed by atoms with Gasteiger partial charge in [-0.25, -0.2) is 0 Å². The Morgan fingerprint density at radius 3 is 2.75 bits per heavy atom. The van der Waals surface area contributed by atoms with E-state index in [-0.39, 0.29) is 5.91 Å². The Kier molecular flexibility index (Phi) is 4.60. The molecule has 1 heterocycles. The van der Waals surface area contributed by atoms with E-state index < -0.39 is 0 Å². The number of carbonyl (C=O) groups is 1. The number of amides is 1. The van der Waals surface area contributed by atoms with Crippen molar-refractivity contribution in [2.45, 2.75) is 33.7 Å². The smallest absolute Gasteiger partial charge is 0.226 e. The predicted molar refractivity (Wildman–Crippen MR) is 83.8 cm³/mol. The fourth-order valence-electron chi connectivity index (χ4n) is 1.94. The molecule has 0 bridgehead atoms. The van der Waals surface area contributed by atoms with Gasteiger partial charge in [0.1, 0.15) is 0 Å². The van der Waals surface area contributed by atoms with Gasteiger partial charge in [0.15, 0.2) is 0 Å². The average Bonchev–Trinajstić information content (AvgIpc) is 2.72. The summed E-state index contributed by atoms with van der Waals surface area (Å²) in [6, 6.07) is 6.04. The second-order valence-electron chi connectivity index (χ2n) is 4.92. The molecule has 5 heteroatoms. The first-order chi connectivity index (χ1) is 9.47. The minimum absolute atomic E-state index is 0.00437. The minimum Gasteiger partial charge on any atom is -0.326 e. The van der Waals surface area contributed by atoms with E-state index in [1.54, 1.807) is 6.20 Å². The fraction of sp³-hybridized carbons (Fsp3) is 0.333. The first-order valence-corrected chi connectivity index (χ1v) is 7.31. The molecule has 1 N–H and O–H groups in total. The topological polar surface area (TPSA) is 46.9 Å². The number of anilines is 1. The van der Waals surface area contributed by atoms with Gasteiger partial charge in [0, 0.05) is 17.8 Å². The molecule has 0 aliphatic carbocycles. The lowest BCUT2D eigenvalue weighted by Gasteiger charge is -2.10. The number of carbonyl (C=O) groups excluding carboxylic acids is 1. The van der Waals surface area contributed by atoms with Crippen molar-refractivity contribution in [3.05, 3.63) is 45.7 Å². The van der Waals surface area contributed by atoms with E-state index in [1.807, 2.05) is 43.7 Å². The van der Waals surface area contributed by atoms with Crippen LogP contribution in [-0.2, 0) is 11.3 Å². The molecule has 1 aromatic heterocycles. The quantitative estimate of drug-likeness (QED) is 0.927. The van der Waals surface area contributed by atoms with Gasteiger partial charge < -0.3 is 5.32 Å². The molecule has 0 saturated carbocycles. The lowest BCUT2D eigenvalue weighted by atomic mass is 10.1. The molecule has 1 aromatic carbocycles. The highest BCUT2D eigenvalue weighted by Crippen LogP contribution is 2.17. The molecule has 20 heavy (non-hydrogen) atoms. The molecule has 4 nitrogen and oxygen atoms in total. The third-order valence-corrected chi connectivity index (χ3v) is 4.04. The molecule has 106 valence electrons. The van der Waals surface area contributed by atoms with E-state index in [2.05, 4.69) is 26.3 Å². The molecule has 0 aliphatic heterocycles. The van der Waals surface area contributed by atoms with Gasteiger partial charge in [0.2, 0.25) is 5.91 Å². The zero-order chi connectivity index (χ0) is 14.7. The van der Waals surface area contributed by atoms with Gasteiger partial charge in [-0.3, -0.25) is 9.48 Å². The Balaban J connectivity index is 1.96. The van der Waals surface area contributed by atoms with Crippen LogP contribution in [0.3, 0.4) is 0 Å². The number of aromatic nitrogens is 2. The number of rotatable bonds is 4. The van der Waals surface area contributed by atoms with Crippen molar-refractivity contribution in [3.63, 3.8) is 0 Å². The summed E-state index contributed by atoms with van der Waals surface area (Å²) in [5, 5.41) is 7.17. The molecule has 2 rings (SSSR count). The molecule has 0 atom stereocenters. The molecule has 0 aliphatic rings. The van der Waals surface area contributed by atoms with Crippen LogP contribution in [0.2, 0.25) is 0 Å². The van der Waals surface area contributed by atoms with Gasteiger partial charge in [-0.1, -0.05) is 12.1 Å². The SMILES string of the molecule is Cc1ccc(C)c(NC(=O)CCn2ncc(Br)c2C)c1. The van der Waals surface area contributed by atoms with Crippen LogP contribution in [0.5, 0.6) is 0 Å². The van der Waals surface area contributed by atoms with Gasteiger partial charge in [-0.2, -0.15) is 5.10 Å². The van der Waals surface area contributed by atoms with Crippen molar-refractivity contribution in [1.29, 1.82) is 0 Å². The van der Waals surface area contributed by atoms with Crippen molar-refractivity contribution in [1.82, 2.24) is 9.78 Å². The van der Waals surface area contributed by atoms with Gasteiger partial charge >= 0.3 is 0 Å². The number of nitrogens with one attached hydrogen (secondary N) is 1. The summed E-state index contributed by atoms with van der Waals surface area (Å²) < 4.78 is 2.79. The molecule has 2 aromatic rings. The van der Waals surface area contributed by atoms with E-state index in [4.69, 9.17) is 0 Å². The fourth-order valence-corrected chi connectivity index (χ4v) is 2.24. The van der Waals surface area contributed by atoms with Crippen LogP contribution in [-0.4, -0.2) is 15.7 Å². The second kappa shape index (κ2) is 6.22. The van der Waals surface area contributed by atoms with Gasteiger partial charge in [0.25, 0.3) is 0 Å². The zero-order valence-corrected chi connectivity index (χ0v) is 13.5. The average molecular weight is 336 g/mol. The summed E-state index contributed by atoms with van der Waals surface area (Å²) in [5.74, 6) is 0.00437. The third kappa shape index (κ3) is 3.48. The summed E-state index contributed by atoms with van der Waals surface area (Å²) in [6.45, 7) is 6.55. The number of benzene rings is 1. The van der Waals surface area contributed by atoms with E-state index in [0.29, 0.717) is 13.0 Å². The Morgan fingerprint density at radius 1 is 1.35 bits per heavy atom. The van der Waals surface area contributed by atoms with Crippen LogP contribution in [0.25, 0.3) is 0 Å². The second-order valence-corrected chi connectivity index (χ2v) is 5.77. The summed E-state index contributed by atoms with van der Waals surface area (Å²) in [4.78, 5) is 12.0. The number of nitrogens with zero attached hydrogens (tertiary/aromatic N) is 2. The Hall–Kier alpha value is -1.62. The molecule has 0 radical (unpaired) electrons. The Labute approximate surface area is 127 Å². The van der Waals surface area contributed by atoms with Crippen molar-refractivity contribution in [2.75, 3.05) is 5.32 Å².